The molecular weight excluding hydrogens is 232 g/mol. The molecule has 17 heavy (non-hydrogen) atoms. The highest BCUT2D eigenvalue weighted by Gasteiger charge is 2.32. The number of carbonyl (C=O) groups excluding carboxylic acids is 1. The number of carboxylic acid groups (broad SMARTS) is 1. The summed E-state index contributed by atoms with van der Waals surface area (Å²) in [6.45, 7) is 0.273. The van der Waals surface area contributed by atoms with Gasteiger partial charge in [-0.3, -0.25) is 4.79 Å². The lowest BCUT2D eigenvalue weighted by Gasteiger charge is -2.17. The highest BCUT2D eigenvalue weighted by atomic mass is 19.3. The molecular formula is C11H11F2NO3. The third-order valence-electron chi connectivity index (χ3n) is 2.09. The Morgan fingerprint density at radius 2 is 2.06 bits per heavy atom. The van der Waals surface area contributed by atoms with Crippen LogP contribution in [0.3, 0.4) is 0 Å². The van der Waals surface area contributed by atoms with Crippen molar-refractivity contribution in [2.24, 2.45) is 0 Å². The Balaban J connectivity index is 2.93. The van der Waals surface area contributed by atoms with Gasteiger partial charge in [-0.05, 0) is 12.1 Å². The third kappa shape index (κ3) is 3.51. The maximum absolute atomic E-state index is 13.6. The molecule has 2 N–H and O–H groups in total. The Morgan fingerprint density at radius 1 is 1.41 bits per heavy atom. The third-order valence-corrected chi connectivity index (χ3v) is 2.09. The van der Waals surface area contributed by atoms with Gasteiger partial charge >= 0.3 is 5.97 Å². The summed E-state index contributed by atoms with van der Waals surface area (Å²) in [6, 6.07) is 4.47. The Morgan fingerprint density at radius 3 is 2.59 bits per heavy atom. The molecule has 0 aliphatic heterocycles. The molecule has 92 valence electrons. The van der Waals surface area contributed by atoms with Crippen LogP contribution in [0.1, 0.15) is 22.8 Å². The molecule has 0 spiro atoms. The summed E-state index contributed by atoms with van der Waals surface area (Å²) in [7, 11) is 0. The van der Waals surface area contributed by atoms with Crippen LogP contribution >= 0.6 is 0 Å². The molecule has 1 aromatic carbocycles. The van der Waals surface area contributed by atoms with Gasteiger partial charge in [-0.1, -0.05) is 12.1 Å². The van der Waals surface area contributed by atoms with Gasteiger partial charge in [-0.15, -0.1) is 0 Å². The highest BCUT2D eigenvalue weighted by molar-refractivity contribution is 5.87. The van der Waals surface area contributed by atoms with Crippen LogP contribution in [-0.2, 0) is 10.7 Å². The number of hydrogen-bond donors (Lipinski definition) is 2. The van der Waals surface area contributed by atoms with Crippen molar-refractivity contribution in [2.45, 2.75) is 12.8 Å². The summed E-state index contributed by atoms with van der Waals surface area (Å²) >= 11 is 0. The molecule has 0 atom stereocenters. The first-order valence-corrected chi connectivity index (χ1v) is 4.79. The molecule has 0 saturated heterocycles. The minimum absolute atomic E-state index is 0.218. The van der Waals surface area contributed by atoms with Gasteiger partial charge in [0.2, 0.25) is 5.91 Å². The van der Waals surface area contributed by atoms with E-state index in [-0.39, 0.29) is 5.56 Å². The van der Waals surface area contributed by atoms with E-state index in [2.05, 4.69) is 0 Å². The molecule has 0 unspecified atom stereocenters. The van der Waals surface area contributed by atoms with E-state index in [1.807, 2.05) is 5.32 Å². The van der Waals surface area contributed by atoms with Crippen LogP contribution in [-0.4, -0.2) is 23.5 Å². The predicted octanol–water partition coefficient (Wildman–Crippen LogP) is 1.61. The minimum Gasteiger partial charge on any atom is -0.478 e. The Hall–Kier alpha value is -1.98. The molecule has 0 aliphatic carbocycles. The van der Waals surface area contributed by atoms with Gasteiger partial charge in [0, 0.05) is 12.5 Å². The first-order valence-electron chi connectivity index (χ1n) is 4.79. The summed E-state index contributed by atoms with van der Waals surface area (Å²) in [6.07, 6.45) is 0. The van der Waals surface area contributed by atoms with Gasteiger partial charge in [0.25, 0.3) is 5.92 Å². The molecule has 0 radical (unpaired) electrons. The first kappa shape index (κ1) is 13.1. The average Bonchev–Trinajstić information content (AvgIpc) is 2.27. The van der Waals surface area contributed by atoms with E-state index in [1.165, 1.54) is 12.1 Å². The van der Waals surface area contributed by atoms with Crippen molar-refractivity contribution in [1.29, 1.82) is 0 Å². The number of aromatic carboxylic acids is 1. The molecule has 0 aliphatic rings. The summed E-state index contributed by atoms with van der Waals surface area (Å²) in [5.41, 5.74) is -0.656. The van der Waals surface area contributed by atoms with Gasteiger partial charge < -0.3 is 10.4 Å². The number of rotatable bonds is 4. The van der Waals surface area contributed by atoms with Crippen molar-refractivity contribution < 1.29 is 23.5 Å². The van der Waals surface area contributed by atoms with Gasteiger partial charge in [0.15, 0.2) is 0 Å². The molecule has 0 heterocycles. The van der Waals surface area contributed by atoms with Crippen LogP contribution in [0, 0.1) is 0 Å². The van der Waals surface area contributed by atoms with Gasteiger partial charge in [-0.2, -0.15) is 8.78 Å². The topological polar surface area (TPSA) is 66.4 Å². The summed E-state index contributed by atoms with van der Waals surface area (Å²) in [5, 5.41) is 10.7. The van der Waals surface area contributed by atoms with Gasteiger partial charge in [-0.25, -0.2) is 4.79 Å². The molecule has 0 aromatic heterocycles. The minimum atomic E-state index is -3.29. The zero-order chi connectivity index (χ0) is 13.1. The zero-order valence-corrected chi connectivity index (χ0v) is 9.04. The molecule has 0 saturated carbocycles. The first-order chi connectivity index (χ1) is 7.83. The van der Waals surface area contributed by atoms with E-state index >= 15 is 0 Å². The fraction of sp³-hybridized carbons (Fsp3) is 0.273. The normalized spacial score (nSPS) is 11.0. The van der Waals surface area contributed by atoms with Crippen LogP contribution in [0.25, 0.3) is 0 Å². The summed E-state index contributed by atoms with van der Waals surface area (Å²) in [5.74, 6) is -5.14. The number of halogens is 2. The maximum atomic E-state index is 13.6. The number of hydrogen-bond acceptors (Lipinski definition) is 2. The Labute approximate surface area is 96.3 Å². The van der Waals surface area contributed by atoms with Crippen LogP contribution in [0.5, 0.6) is 0 Å². The second kappa shape index (κ2) is 4.90. The van der Waals surface area contributed by atoms with Crippen molar-refractivity contribution in [1.82, 2.24) is 5.32 Å². The van der Waals surface area contributed by atoms with E-state index in [1.54, 1.807) is 0 Å². The molecule has 6 heteroatoms. The molecule has 0 bridgehead atoms. The number of amides is 1. The van der Waals surface area contributed by atoms with Crippen LogP contribution in [0.15, 0.2) is 24.3 Å². The van der Waals surface area contributed by atoms with Crippen LogP contribution < -0.4 is 5.32 Å². The number of carbonyl (C=O) groups is 2. The van der Waals surface area contributed by atoms with E-state index < -0.39 is 29.9 Å². The second-order valence-electron chi connectivity index (χ2n) is 3.50. The van der Waals surface area contributed by atoms with E-state index in [4.69, 9.17) is 5.11 Å². The summed E-state index contributed by atoms with van der Waals surface area (Å²) in [4.78, 5) is 21.2. The Kier molecular flexibility index (Phi) is 3.77. The van der Waals surface area contributed by atoms with E-state index in [0.29, 0.717) is 0 Å². The molecule has 1 rings (SSSR count). The van der Waals surface area contributed by atoms with E-state index in [9.17, 15) is 18.4 Å². The lowest BCUT2D eigenvalue weighted by molar-refractivity contribution is -0.121. The number of carboxylic acids is 1. The van der Waals surface area contributed by atoms with Crippen molar-refractivity contribution in [3.05, 3.63) is 35.4 Å². The molecule has 1 amide bonds. The SMILES string of the molecule is CC(=O)NCC(F)(F)c1cccc(C(=O)O)c1. The average molecular weight is 243 g/mol. The second-order valence-corrected chi connectivity index (χ2v) is 3.50. The zero-order valence-electron chi connectivity index (χ0n) is 9.04. The molecule has 0 fully saturated rings. The predicted molar refractivity (Wildman–Crippen MR) is 56.0 cm³/mol. The summed E-state index contributed by atoms with van der Waals surface area (Å²) < 4.78 is 27.1. The largest absolute Gasteiger partial charge is 0.478 e. The smallest absolute Gasteiger partial charge is 0.335 e. The standard InChI is InChI=1S/C11H11F2NO3/c1-7(15)14-6-11(12,13)9-4-2-3-8(5-9)10(16)17/h2-5H,6H2,1H3,(H,14,15)(H,16,17). The lowest BCUT2D eigenvalue weighted by Crippen LogP contribution is -2.33. The molecule has 1 aromatic rings. The quantitative estimate of drug-likeness (QED) is 0.844. The van der Waals surface area contributed by atoms with Crippen LogP contribution in [0.2, 0.25) is 0 Å². The van der Waals surface area contributed by atoms with Crippen LogP contribution in [0.4, 0.5) is 8.78 Å². The number of benzene rings is 1. The van der Waals surface area contributed by atoms with Crippen molar-refractivity contribution in [2.75, 3.05) is 6.54 Å². The fourth-order valence-corrected chi connectivity index (χ4v) is 1.22. The van der Waals surface area contributed by atoms with Crippen molar-refractivity contribution >= 4 is 11.9 Å². The lowest BCUT2D eigenvalue weighted by atomic mass is 10.1. The number of nitrogens with one attached hydrogen (secondary N) is 1. The van der Waals surface area contributed by atoms with Gasteiger partial charge in [0.05, 0.1) is 12.1 Å². The van der Waals surface area contributed by atoms with E-state index in [0.717, 1.165) is 19.1 Å². The highest BCUT2D eigenvalue weighted by Crippen LogP contribution is 2.27. The monoisotopic (exact) mass is 243 g/mol. The maximum Gasteiger partial charge on any atom is 0.335 e. The molecule has 4 nitrogen and oxygen atoms in total. The van der Waals surface area contributed by atoms with Crippen molar-refractivity contribution in [3.8, 4) is 0 Å². The Bertz CT molecular complexity index is 446. The van der Waals surface area contributed by atoms with Gasteiger partial charge in [0.1, 0.15) is 0 Å². The fourth-order valence-electron chi connectivity index (χ4n) is 1.22. The van der Waals surface area contributed by atoms with Crippen molar-refractivity contribution in [3.63, 3.8) is 0 Å². The number of alkyl halides is 2.